The van der Waals surface area contributed by atoms with Crippen LogP contribution in [0.3, 0.4) is 0 Å². The maximum absolute atomic E-state index is 11.1. The van der Waals surface area contributed by atoms with Gasteiger partial charge in [-0.05, 0) is 12.8 Å². The van der Waals surface area contributed by atoms with Crippen LogP contribution in [0.2, 0.25) is 0 Å². The average Bonchev–Trinajstić information content (AvgIpc) is 2.35. The molecule has 0 rings (SSSR count). The molecule has 0 aromatic heterocycles. The molecule has 0 aliphatic carbocycles. The van der Waals surface area contributed by atoms with E-state index in [1.165, 1.54) is 38.5 Å². The lowest BCUT2D eigenvalue weighted by atomic mass is 10.1. The Morgan fingerprint density at radius 3 is 1.50 bits per heavy atom. The Bertz CT molecular complexity index is 181. The number of hydrogen-bond acceptors (Lipinski definition) is 1. The van der Waals surface area contributed by atoms with E-state index in [1.807, 2.05) is 0 Å². The van der Waals surface area contributed by atoms with Gasteiger partial charge in [-0.1, -0.05) is 65.2 Å². The van der Waals surface area contributed by atoms with E-state index in [9.17, 15) is 4.79 Å². The predicted octanol–water partition coefficient (Wildman–Crippen LogP) is 4.91. The summed E-state index contributed by atoms with van der Waals surface area (Å²) in [6, 6.07) is 0. The Labute approximate surface area is 113 Å². The summed E-state index contributed by atoms with van der Waals surface area (Å²) in [5.41, 5.74) is 0. The minimum absolute atomic E-state index is 0.715. The van der Waals surface area contributed by atoms with Gasteiger partial charge in [-0.25, -0.2) is 4.79 Å². The van der Waals surface area contributed by atoms with Gasteiger partial charge in [0.15, 0.2) is 0 Å². The summed E-state index contributed by atoms with van der Waals surface area (Å²) in [7, 11) is 0. The van der Waals surface area contributed by atoms with Crippen molar-refractivity contribution in [2.45, 2.75) is 78.1 Å². The van der Waals surface area contributed by atoms with Crippen LogP contribution >= 0.6 is 0 Å². The van der Waals surface area contributed by atoms with Crippen LogP contribution in [-0.2, 0) is 0 Å². The molecule has 0 aromatic carbocycles. The van der Waals surface area contributed by atoms with Gasteiger partial charge in [0.1, 0.15) is 0 Å². The van der Waals surface area contributed by atoms with Crippen molar-refractivity contribution in [1.29, 1.82) is 0 Å². The minimum atomic E-state index is -0.749. The van der Waals surface area contributed by atoms with Crippen molar-refractivity contribution >= 4 is 6.09 Å². The highest BCUT2D eigenvalue weighted by Gasteiger charge is 2.09. The molecule has 1 amide bonds. The van der Waals surface area contributed by atoms with Crippen molar-refractivity contribution in [2.75, 3.05) is 13.1 Å². The molecule has 0 aliphatic heterocycles. The number of carboxylic acid groups (broad SMARTS) is 1. The lowest BCUT2D eigenvalue weighted by molar-refractivity contribution is 0.143. The molecule has 0 fully saturated rings. The summed E-state index contributed by atoms with van der Waals surface area (Å²) >= 11 is 0. The van der Waals surface area contributed by atoms with Gasteiger partial charge in [-0.3, -0.25) is 0 Å². The summed E-state index contributed by atoms with van der Waals surface area (Å²) in [5, 5.41) is 9.10. The van der Waals surface area contributed by atoms with Crippen molar-refractivity contribution < 1.29 is 9.90 Å². The fourth-order valence-corrected chi connectivity index (χ4v) is 2.12. The first-order chi connectivity index (χ1) is 8.72. The van der Waals surface area contributed by atoms with Crippen molar-refractivity contribution in [3.63, 3.8) is 0 Å². The zero-order chi connectivity index (χ0) is 13.6. The fraction of sp³-hybridized carbons (Fsp3) is 0.933. The van der Waals surface area contributed by atoms with E-state index in [2.05, 4.69) is 13.8 Å². The molecule has 0 atom stereocenters. The second kappa shape index (κ2) is 12.7. The Morgan fingerprint density at radius 2 is 1.17 bits per heavy atom. The number of amides is 1. The number of rotatable bonds is 12. The van der Waals surface area contributed by atoms with Crippen LogP contribution in [0.25, 0.3) is 0 Å². The van der Waals surface area contributed by atoms with Crippen molar-refractivity contribution in [3.05, 3.63) is 0 Å². The van der Waals surface area contributed by atoms with Gasteiger partial charge in [0, 0.05) is 13.1 Å². The van der Waals surface area contributed by atoms with E-state index in [0.717, 1.165) is 25.7 Å². The molecular formula is C15H31NO2. The second-order valence-electron chi connectivity index (χ2n) is 5.10. The molecule has 0 saturated carbocycles. The van der Waals surface area contributed by atoms with Crippen LogP contribution in [0.15, 0.2) is 0 Å². The van der Waals surface area contributed by atoms with Gasteiger partial charge >= 0.3 is 6.09 Å². The monoisotopic (exact) mass is 257 g/mol. The topological polar surface area (TPSA) is 40.5 Å². The first-order valence-corrected chi connectivity index (χ1v) is 7.70. The smallest absolute Gasteiger partial charge is 0.407 e. The van der Waals surface area contributed by atoms with E-state index in [4.69, 9.17) is 5.11 Å². The maximum Gasteiger partial charge on any atom is 0.407 e. The molecule has 0 heterocycles. The van der Waals surface area contributed by atoms with Crippen LogP contribution in [0.1, 0.15) is 78.1 Å². The van der Waals surface area contributed by atoms with Gasteiger partial charge in [-0.15, -0.1) is 0 Å². The lowest BCUT2D eigenvalue weighted by Gasteiger charge is -2.19. The van der Waals surface area contributed by atoms with Crippen LogP contribution in [0.5, 0.6) is 0 Å². The zero-order valence-electron chi connectivity index (χ0n) is 12.3. The molecule has 0 unspecified atom stereocenters. The number of unbranched alkanes of at least 4 members (excludes halogenated alkanes) is 8. The first kappa shape index (κ1) is 17.3. The normalized spacial score (nSPS) is 10.6. The quantitative estimate of drug-likeness (QED) is 0.505. The summed E-state index contributed by atoms with van der Waals surface area (Å²) in [6.45, 7) is 5.82. The summed E-state index contributed by atoms with van der Waals surface area (Å²) < 4.78 is 0. The molecule has 0 aliphatic rings. The third-order valence-electron chi connectivity index (χ3n) is 3.33. The van der Waals surface area contributed by atoms with Gasteiger partial charge in [0.2, 0.25) is 0 Å². The number of nitrogens with zero attached hydrogens (tertiary/aromatic N) is 1. The molecule has 18 heavy (non-hydrogen) atoms. The van der Waals surface area contributed by atoms with Crippen molar-refractivity contribution in [3.8, 4) is 0 Å². The molecule has 0 aromatic rings. The largest absolute Gasteiger partial charge is 0.465 e. The van der Waals surface area contributed by atoms with E-state index < -0.39 is 6.09 Å². The molecule has 1 N–H and O–H groups in total. The summed E-state index contributed by atoms with van der Waals surface area (Å²) in [4.78, 5) is 12.7. The third-order valence-corrected chi connectivity index (χ3v) is 3.33. The maximum atomic E-state index is 11.1. The van der Waals surface area contributed by atoms with Crippen molar-refractivity contribution in [1.82, 2.24) is 4.90 Å². The Balaban J connectivity index is 3.56. The first-order valence-electron chi connectivity index (χ1n) is 7.70. The van der Waals surface area contributed by atoms with Gasteiger partial charge in [-0.2, -0.15) is 0 Å². The van der Waals surface area contributed by atoms with Gasteiger partial charge in [0.25, 0.3) is 0 Å². The Hall–Kier alpha value is -0.730. The highest BCUT2D eigenvalue weighted by molar-refractivity contribution is 5.64. The van der Waals surface area contributed by atoms with Crippen LogP contribution in [0.4, 0.5) is 4.79 Å². The fourth-order valence-electron chi connectivity index (χ4n) is 2.12. The zero-order valence-corrected chi connectivity index (χ0v) is 12.3. The van der Waals surface area contributed by atoms with Crippen LogP contribution in [-0.4, -0.2) is 29.2 Å². The SMILES string of the molecule is CCCCCCCN(CCCCCCC)C(=O)O. The highest BCUT2D eigenvalue weighted by Crippen LogP contribution is 2.07. The average molecular weight is 257 g/mol. The molecular weight excluding hydrogens is 226 g/mol. The minimum Gasteiger partial charge on any atom is -0.465 e. The molecule has 0 saturated heterocycles. The Kier molecular flexibility index (Phi) is 12.2. The van der Waals surface area contributed by atoms with Gasteiger partial charge < -0.3 is 10.0 Å². The van der Waals surface area contributed by atoms with Crippen LogP contribution < -0.4 is 0 Å². The summed E-state index contributed by atoms with van der Waals surface area (Å²) in [6.07, 6.45) is 11.1. The van der Waals surface area contributed by atoms with Gasteiger partial charge in [0.05, 0.1) is 0 Å². The van der Waals surface area contributed by atoms with E-state index in [-0.39, 0.29) is 0 Å². The molecule has 0 radical (unpaired) electrons. The van der Waals surface area contributed by atoms with E-state index in [0.29, 0.717) is 13.1 Å². The third kappa shape index (κ3) is 10.4. The van der Waals surface area contributed by atoms with Crippen molar-refractivity contribution in [2.24, 2.45) is 0 Å². The molecule has 3 heteroatoms. The molecule has 0 spiro atoms. The highest BCUT2D eigenvalue weighted by atomic mass is 16.4. The number of carbonyl (C=O) groups is 1. The molecule has 108 valence electrons. The standard InChI is InChI=1S/C15H31NO2/c1-3-5-7-9-11-13-16(15(17)18)14-12-10-8-6-4-2/h3-14H2,1-2H3,(H,17,18). The predicted molar refractivity (Wildman–Crippen MR) is 77.1 cm³/mol. The lowest BCUT2D eigenvalue weighted by Crippen LogP contribution is -2.31. The number of hydrogen-bond donors (Lipinski definition) is 1. The van der Waals surface area contributed by atoms with Crippen LogP contribution in [0, 0.1) is 0 Å². The Morgan fingerprint density at radius 1 is 0.778 bits per heavy atom. The molecule has 0 bridgehead atoms. The van der Waals surface area contributed by atoms with E-state index >= 15 is 0 Å². The summed E-state index contributed by atoms with van der Waals surface area (Å²) in [5.74, 6) is 0. The second-order valence-corrected chi connectivity index (χ2v) is 5.10. The molecule has 3 nitrogen and oxygen atoms in total. The van der Waals surface area contributed by atoms with E-state index in [1.54, 1.807) is 4.90 Å².